The first-order valence-electron chi connectivity index (χ1n) is 16.3. The zero-order chi connectivity index (χ0) is 36.4. The molecule has 4 aromatic rings. The van der Waals surface area contributed by atoms with E-state index in [1.165, 1.54) is 54.5 Å². The Morgan fingerprint density at radius 2 is 1.59 bits per heavy atom. The van der Waals surface area contributed by atoms with Crippen LogP contribution in [-0.4, -0.2) is 83.4 Å². The molecule has 5 N–H and O–H groups in total. The van der Waals surface area contributed by atoms with E-state index in [0.717, 1.165) is 0 Å². The lowest BCUT2D eigenvalue weighted by molar-refractivity contribution is -0.285. The van der Waals surface area contributed by atoms with E-state index in [-0.39, 0.29) is 30.2 Å². The highest BCUT2D eigenvalue weighted by molar-refractivity contribution is 7.87. The fourth-order valence-electron chi connectivity index (χ4n) is 6.59. The second-order valence-electron chi connectivity index (χ2n) is 12.6. The molecule has 2 aliphatic heterocycles. The molecule has 0 spiro atoms. The van der Waals surface area contributed by atoms with Gasteiger partial charge in [-0.25, -0.2) is 4.39 Å². The summed E-state index contributed by atoms with van der Waals surface area (Å²) in [6.45, 7) is 0. The number of methoxy groups -OCH3 is 1. The zero-order valence-electron chi connectivity index (χ0n) is 27.4. The maximum atomic E-state index is 13.8. The molecule has 14 heteroatoms. The normalized spacial score (nSPS) is 25.6. The van der Waals surface area contributed by atoms with E-state index in [4.69, 9.17) is 13.7 Å². The number of benzene rings is 4. The minimum atomic E-state index is -4.62. The van der Waals surface area contributed by atoms with Crippen LogP contribution >= 0.6 is 0 Å². The Kier molecular flexibility index (Phi) is 10.7. The molecular formula is C37H38FNO11S. The SMILES string of the molecule is COC1OC(CS(=O)(=O)Oc2cc(-c3cccc(O)c3)ccc2C2C(CCC(O)c3ccc(F)cc3)C(=O)N2c2ccccc2)C(O)C(O)C1O. The molecule has 51 heavy (non-hydrogen) atoms. The summed E-state index contributed by atoms with van der Waals surface area (Å²) in [7, 11) is -3.43. The molecule has 0 bridgehead atoms. The molecule has 0 radical (unpaired) electrons. The first kappa shape index (κ1) is 36.4. The number of aromatic hydroxyl groups is 1. The number of carbonyl (C=O) groups is 1. The fraction of sp³-hybridized carbons (Fsp3) is 0.324. The Labute approximate surface area is 294 Å². The van der Waals surface area contributed by atoms with Crippen LogP contribution in [0.15, 0.2) is 97.1 Å². The number of halogens is 1. The second-order valence-corrected chi connectivity index (χ2v) is 14.2. The lowest BCUT2D eigenvalue weighted by Crippen LogP contribution is -2.59. The summed E-state index contributed by atoms with van der Waals surface area (Å²) < 4.78 is 57.1. The van der Waals surface area contributed by atoms with E-state index in [1.54, 1.807) is 54.6 Å². The number of rotatable bonds is 12. The number of hydrogen-bond acceptors (Lipinski definition) is 11. The molecule has 8 atom stereocenters. The number of β-lactam (4-membered cyclic amide) rings is 1. The molecule has 8 unspecified atom stereocenters. The van der Waals surface area contributed by atoms with Crippen molar-refractivity contribution < 1.29 is 56.8 Å². The topological polar surface area (TPSA) is 183 Å². The molecule has 0 saturated carbocycles. The molecular weight excluding hydrogens is 685 g/mol. The van der Waals surface area contributed by atoms with Crippen LogP contribution in [0, 0.1) is 11.7 Å². The summed E-state index contributed by atoms with van der Waals surface area (Å²) >= 11 is 0. The van der Waals surface area contributed by atoms with Gasteiger partial charge in [0.15, 0.2) is 6.29 Å². The van der Waals surface area contributed by atoms with E-state index < -0.39 is 70.5 Å². The third kappa shape index (κ3) is 7.77. The van der Waals surface area contributed by atoms with E-state index in [0.29, 0.717) is 27.9 Å². The summed E-state index contributed by atoms with van der Waals surface area (Å²) in [5.74, 6) is -2.55. The average Bonchev–Trinajstić information content (AvgIpc) is 3.11. The van der Waals surface area contributed by atoms with Gasteiger partial charge in [0.05, 0.1) is 18.1 Å². The minimum absolute atomic E-state index is 0.0248. The summed E-state index contributed by atoms with van der Waals surface area (Å²) in [5, 5.41) is 52.1. The van der Waals surface area contributed by atoms with Crippen molar-refractivity contribution in [2.75, 3.05) is 17.8 Å². The van der Waals surface area contributed by atoms with Gasteiger partial charge in [-0.15, -0.1) is 0 Å². The van der Waals surface area contributed by atoms with Gasteiger partial charge in [0.25, 0.3) is 0 Å². The van der Waals surface area contributed by atoms with Crippen molar-refractivity contribution in [3.05, 3.63) is 114 Å². The van der Waals surface area contributed by atoms with Gasteiger partial charge < -0.3 is 44.1 Å². The number of amides is 1. The number of phenolic OH excluding ortho intramolecular Hbond substituents is 1. The Bertz CT molecular complexity index is 1940. The number of anilines is 1. The summed E-state index contributed by atoms with van der Waals surface area (Å²) in [5.41, 5.74) is 2.37. The van der Waals surface area contributed by atoms with Crippen LogP contribution in [0.1, 0.15) is 36.1 Å². The third-order valence-electron chi connectivity index (χ3n) is 9.25. The van der Waals surface area contributed by atoms with Crippen molar-refractivity contribution >= 4 is 21.7 Å². The largest absolute Gasteiger partial charge is 0.508 e. The number of hydrogen-bond donors (Lipinski definition) is 5. The molecule has 12 nitrogen and oxygen atoms in total. The van der Waals surface area contributed by atoms with Gasteiger partial charge in [-0.3, -0.25) is 4.79 Å². The number of aliphatic hydroxyl groups excluding tert-OH is 4. The fourth-order valence-corrected chi connectivity index (χ4v) is 7.75. The predicted octanol–water partition coefficient (Wildman–Crippen LogP) is 3.58. The Balaban J connectivity index is 1.37. The molecule has 2 saturated heterocycles. The predicted molar refractivity (Wildman–Crippen MR) is 182 cm³/mol. The van der Waals surface area contributed by atoms with Gasteiger partial charge in [-0.1, -0.05) is 54.6 Å². The highest BCUT2D eigenvalue weighted by Gasteiger charge is 2.50. The van der Waals surface area contributed by atoms with E-state index in [1.807, 2.05) is 0 Å². The maximum Gasteiger partial charge on any atom is 0.311 e. The molecule has 2 fully saturated rings. The molecule has 4 aromatic carbocycles. The van der Waals surface area contributed by atoms with Gasteiger partial charge in [0, 0.05) is 18.4 Å². The number of ether oxygens (including phenoxy) is 2. The Morgan fingerprint density at radius 1 is 0.882 bits per heavy atom. The maximum absolute atomic E-state index is 13.8. The van der Waals surface area contributed by atoms with Crippen LogP contribution in [0.5, 0.6) is 11.5 Å². The van der Waals surface area contributed by atoms with Gasteiger partial charge >= 0.3 is 10.1 Å². The van der Waals surface area contributed by atoms with Crippen molar-refractivity contribution in [2.24, 2.45) is 5.92 Å². The van der Waals surface area contributed by atoms with Gasteiger partial charge in [-0.05, 0) is 72.0 Å². The molecule has 0 aliphatic carbocycles. The van der Waals surface area contributed by atoms with Crippen LogP contribution in [-0.2, 0) is 24.4 Å². The molecule has 6 rings (SSSR count). The number of carbonyl (C=O) groups excluding carboxylic acids is 1. The summed E-state index contributed by atoms with van der Waals surface area (Å²) in [6.07, 6.45) is -8.81. The second kappa shape index (κ2) is 15.1. The van der Waals surface area contributed by atoms with Crippen LogP contribution < -0.4 is 9.08 Å². The molecule has 2 heterocycles. The van der Waals surface area contributed by atoms with Crippen LogP contribution in [0.25, 0.3) is 11.1 Å². The van der Waals surface area contributed by atoms with Crippen LogP contribution in [0.2, 0.25) is 0 Å². The average molecular weight is 724 g/mol. The Morgan fingerprint density at radius 3 is 2.27 bits per heavy atom. The number of phenols is 1. The molecule has 270 valence electrons. The quantitative estimate of drug-likeness (QED) is 0.106. The van der Waals surface area contributed by atoms with Crippen molar-refractivity contribution in [3.8, 4) is 22.6 Å². The zero-order valence-corrected chi connectivity index (χ0v) is 28.2. The molecule has 2 aliphatic rings. The van der Waals surface area contributed by atoms with Crippen molar-refractivity contribution in [1.82, 2.24) is 0 Å². The van der Waals surface area contributed by atoms with Crippen molar-refractivity contribution in [2.45, 2.75) is 55.7 Å². The van der Waals surface area contributed by atoms with E-state index in [9.17, 15) is 43.1 Å². The Hall–Kier alpha value is -4.41. The number of nitrogens with zero attached hydrogens (tertiary/aromatic N) is 1. The van der Waals surface area contributed by atoms with Gasteiger partial charge in [0.1, 0.15) is 47.5 Å². The number of para-hydroxylation sites is 1. The first-order valence-corrected chi connectivity index (χ1v) is 17.8. The van der Waals surface area contributed by atoms with Crippen LogP contribution in [0.4, 0.5) is 10.1 Å². The van der Waals surface area contributed by atoms with Crippen molar-refractivity contribution in [3.63, 3.8) is 0 Å². The molecule has 1 amide bonds. The smallest absolute Gasteiger partial charge is 0.311 e. The van der Waals surface area contributed by atoms with Gasteiger partial charge in [-0.2, -0.15) is 8.42 Å². The monoisotopic (exact) mass is 723 g/mol. The third-order valence-corrected chi connectivity index (χ3v) is 10.4. The molecule has 0 aromatic heterocycles. The van der Waals surface area contributed by atoms with Gasteiger partial charge in [0.2, 0.25) is 5.91 Å². The summed E-state index contributed by atoms with van der Waals surface area (Å²) in [4.78, 5) is 15.3. The van der Waals surface area contributed by atoms with Crippen molar-refractivity contribution in [1.29, 1.82) is 0 Å². The highest BCUT2D eigenvalue weighted by atomic mass is 32.2. The standard InChI is InChI=1S/C37H38FNO11S/c1-48-37-35(44)34(43)33(42)31(49-37)20-51(46,47)50-30-19-23(22-6-5-9-26(40)18-22)12-15-27(30)32-28(36(45)39(32)25-7-3-2-4-8-25)16-17-29(41)21-10-13-24(38)14-11-21/h2-15,18-19,28-29,31-35,37,40-44H,16-17,20H2,1H3. The highest BCUT2D eigenvalue weighted by Crippen LogP contribution is 2.49. The van der Waals surface area contributed by atoms with Crippen LogP contribution in [0.3, 0.4) is 0 Å². The lowest BCUT2D eigenvalue weighted by Gasteiger charge is -2.48. The minimum Gasteiger partial charge on any atom is -0.508 e. The first-order chi connectivity index (χ1) is 24.4. The number of aliphatic hydroxyl groups is 4. The summed E-state index contributed by atoms with van der Waals surface area (Å²) in [6, 6.07) is 24.5. The van der Waals surface area contributed by atoms with E-state index >= 15 is 0 Å². The van der Waals surface area contributed by atoms with E-state index in [2.05, 4.69) is 0 Å². The lowest BCUT2D eigenvalue weighted by atomic mass is 9.77.